The molecular weight excluding hydrogens is 303 g/mol. The van der Waals surface area contributed by atoms with Crippen LogP contribution in [0.1, 0.15) is 55.6 Å². The predicted molar refractivity (Wildman–Crippen MR) is 83.8 cm³/mol. The largest absolute Gasteiger partial charge is 0.251 e. The van der Waals surface area contributed by atoms with Crippen LogP contribution in [0.2, 0.25) is 0 Å². The lowest BCUT2D eigenvalue weighted by atomic mass is 9.78. The number of benzene rings is 1. The Kier molecular flexibility index (Phi) is 6.36. The van der Waals surface area contributed by atoms with E-state index in [9.17, 15) is 4.39 Å². The standard InChI is InChI=1S/C17H24BrF/c18-12-11-15-5-9-17(10-6-15)16-7-3-14(4-8-16)2-1-13-19/h3-4,7-8,15,17H,1-2,5-6,9-13H2. The van der Waals surface area contributed by atoms with Crippen LogP contribution in [0.5, 0.6) is 0 Å². The number of aryl methyl sites for hydroxylation is 1. The van der Waals surface area contributed by atoms with Gasteiger partial charge in [0, 0.05) is 5.33 Å². The van der Waals surface area contributed by atoms with Gasteiger partial charge in [-0.3, -0.25) is 4.39 Å². The highest BCUT2D eigenvalue weighted by molar-refractivity contribution is 9.09. The molecule has 106 valence electrons. The van der Waals surface area contributed by atoms with Gasteiger partial charge in [-0.05, 0) is 67.9 Å². The molecule has 2 rings (SSSR count). The molecule has 1 aliphatic carbocycles. The number of hydrogen-bond acceptors (Lipinski definition) is 0. The van der Waals surface area contributed by atoms with E-state index in [0.717, 1.165) is 23.6 Å². The Morgan fingerprint density at radius 2 is 1.74 bits per heavy atom. The summed E-state index contributed by atoms with van der Waals surface area (Å²) in [4.78, 5) is 0. The molecule has 0 radical (unpaired) electrons. The fourth-order valence-corrected chi connectivity index (χ4v) is 3.81. The minimum absolute atomic E-state index is 0.209. The van der Waals surface area contributed by atoms with E-state index in [1.54, 1.807) is 0 Å². The molecule has 0 spiro atoms. The molecule has 1 aromatic carbocycles. The quantitative estimate of drug-likeness (QED) is 0.593. The van der Waals surface area contributed by atoms with Crippen molar-refractivity contribution >= 4 is 15.9 Å². The minimum Gasteiger partial charge on any atom is -0.251 e. The molecule has 0 aliphatic heterocycles. The number of hydrogen-bond donors (Lipinski definition) is 0. The molecule has 1 saturated carbocycles. The number of alkyl halides is 2. The molecular formula is C17H24BrF. The summed E-state index contributed by atoms with van der Waals surface area (Å²) in [5.74, 6) is 1.68. The first kappa shape index (κ1) is 15.0. The second-order valence-electron chi connectivity index (χ2n) is 5.73. The van der Waals surface area contributed by atoms with Crippen LogP contribution in [0, 0.1) is 5.92 Å². The molecule has 19 heavy (non-hydrogen) atoms. The first-order valence-corrected chi connectivity index (χ1v) is 8.66. The first-order chi connectivity index (χ1) is 9.33. The zero-order valence-corrected chi connectivity index (χ0v) is 13.2. The second-order valence-corrected chi connectivity index (χ2v) is 6.52. The summed E-state index contributed by atoms with van der Waals surface area (Å²) in [5, 5.41) is 1.14. The van der Waals surface area contributed by atoms with E-state index in [1.165, 1.54) is 43.2 Å². The molecule has 0 heterocycles. The van der Waals surface area contributed by atoms with Crippen molar-refractivity contribution < 1.29 is 4.39 Å². The highest BCUT2D eigenvalue weighted by atomic mass is 79.9. The van der Waals surface area contributed by atoms with Gasteiger partial charge in [-0.1, -0.05) is 40.2 Å². The fourth-order valence-electron chi connectivity index (χ4n) is 3.17. The van der Waals surface area contributed by atoms with Crippen LogP contribution < -0.4 is 0 Å². The summed E-state index contributed by atoms with van der Waals surface area (Å²) >= 11 is 3.55. The number of halogens is 2. The maximum atomic E-state index is 12.1. The van der Waals surface area contributed by atoms with Crippen LogP contribution in [0.15, 0.2) is 24.3 Å². The van der Waals surface area contributed by atoms with Crippen molar-refractivity contribution in [3.8, 4) is 0 Å². The van der Waals surface area contributed by atoms with Crippen LogP contribution in [-0.2, 0) is 6.42 Å². The van der Waals surface area contributed by atoms with Gasteiger partial charge in [0.25, 0.3) is 0 Å². The third-order valence-corrected chi connectivity index (χ3v) is 4.87. The van der Waals surface area contributed by atoms with Crippen molar-refractivity contribution in [1.82, 2.24) is 0 Å². The summed E-state index contributed by atoms with van der Waals surface area (Å²) < 4.78 is 12.1. The Balaban J connectivity index is 1.85. The Morgan fingerprint density at radius 3 is 2.32 bits per heavy atom. The summed E-state index contributed by atoms with van der Waals surface area (Å²) in [6.07, 6.45) is 8.27. The van der Waals surface area contributed by atoms with Gasteiger partial charge in [-0.15, -0.1) is 0 Å². The molecule has 2 heteroatoms. The summed E-state index contributed by atoms with van der Waals surface area (Å²) in [6, 6.07) is 8.91. The van der Waals surface area contributed by atoms with E-state index >= 15 is 0 Å². The molecule has 0 atom stereocenters. The Hall–Kier alpha value is -0.370. The molecule has 1 aromatic rings. The van der Waals surface area contributed by atoms with Crippen LogP contribution in [0.25, 0.3) is 0 Å². The Labute approximate surface area is 124 Å². The van der Waals surface area contributed by atoms with Crippen LogP contribution in [0.3, 0.4) is 0 Å². The summed E-state index contributed by atoms with van der Waals surface area (Å²) in [6.45, 7) is -0.209. The van der Waals surface area contributed by atoms with Crippen molar-refractivity contribution in [2.24, 2.45) is 5.92 Å². The Morgan fingerprint density at radius 1 is 1.05 bits per heavy atom. The van der Waals surface area contributed by atoms with Crippen molar-refractivity contribution in [2.75, 3.05) is 12.0 Å². The molecule has 0 amide bonds. The van der Waals surface area contributed by atoms with Gasteiger partial charge < -0.3 is 0 Å². The van der Waals surface area contributed by atoms with Gasteiger partial charge in [0.05, 0.1) is 6.67 Å². The third-order valence-electron chi connectivity index (χ3n) is 4.41. The van der Waals surface area contributed by atoms with Crippen molar-refractivity contribution in [2.45, 2.75) is 50.9 Å². The van der Waals surface area contributed by atoms with E-state index in [1.807, 2.05) is 0 Å². The molecule has 0 bridgehead atoms. The normalized spacial score (nSPS) is 23.5. The molecule has 0 N–H and O–H groups in total. The van der Waals surface area contributed by atoms with E-state index in [4.69, 9.17) is 0 Å². The molecule has 0 unspecified atom stereocenters. The molecule has 1 fully saturated rings. The topological polar surface area (TPSA) is 0 Å². The monoisotopic (exact) mass is 326 g/mol. The zero-order chi connectivity index (χ0) is 13.5. The average Bonchev–Trinajstić information content (AvgIpc) is 2.47. The number of rotatable bonds is 6. The SMILES string of the molecule is FCCCc1ccc(C2CCC(CCBr)CC2)cc1. The lowest BCUT2D eigenvalue weighted by Crippen LogP contribution is -2.13. The summed E-state index contributed by atoms with van der Waals surface area (Å²) in [7, 11) is 0. The predicted octanol–water partition coefficient (Wildman–Crippen LogP) is 5.65. The van der Waals surface area contributed by atoms with Gasteiger partial charge >= 0.3 is 0 Å². The molecule has 0 saturated heterocycles. The van der Waals surface area contributed by atoms with Crippen LogP contribution >= 0.6 is 15.9 Å². The minimum atomic E-state index is -0.209. The van der Waals surface area contributed by atoms with Crippen LogP contribution in [0.4, 0.5) is 4.39 Å². The van der Waals surface area contributed by atoms with Crippen molar-refractivity contribution in [1.29, 1.82) is 0 Å². The first-order valence-electron chi connectivity index (χ1n) is 7.54. The van der Waals surface area contributed by atoms with Gasteiger partial charge in [0.1, 0.15) is 0 Å². The average molecular weight is 327 g/mol. The van der Waals surface area contributed by atoms with Gasteiger partial charge in [0.15, 0.2) is 0 Å². The smallest absolute Gasteiger partial charge is 0.0897 e. The maximum absolute atomic E-state index is 12.1. The summed E-state index contributed by atoms with van der Waals surface area (Å²) in [5.41, 5.74) is 2.76. The van der Waals surface area contributed by atoms with Crippen molar-refractivity contribution in [3.05, 3.63) is 35.4 Å². The van der Waals surface area contributed by atoms with Gasteiger partial charge in [-0.25, -0.2) is 0 Å². The van der Waals surface area contributed by atoms with E-state index in [-0.39, 0.29) is 6.67 Å². The van der Waals surface area contributed by atoms with E-state index in [2.05, 4.69) is 40.2 Å². The molecule has 1 aliphatic rings. The molecule has 0 aromatic heterocycles. The molecule has 0 nitrogen and oxygen atoms in total. The highest BCUT2D eigenvalue weighted by Gasteiger charge is 2.21. The van der Waals surface area contributed by atoms with Crippen molar-refractivity contribution in [3.63, 3.8) is 0 Å². The van der Waals surface area contributed by atoms with E-state index < -0.39 is 0 Å². The van der Waals surface area contributed by atoms with Gasteiger partial charge in [0.2, 0.25) is 0 Å². The zero-order valence-electron chi connectivity index (χ0n) is 11.6. The fraction of sp³-hybridized carbons (Fsp3) is 0.647. The van der Waals surface area contributed by atoms with E-state index in [0.29, 0.717) is 6.42 Å². The highest BCUT2D eigenvalue weighted by Crippen LogP contribution is 2.37. The van der Waals surface area contributed by atoms with Crippen LogP contribution in [-0.4, -0.2) is 12.0 Å². The van der Waals surface area contributed by atoms with Gasteiger partial charge in [-0.2, -0.15) is 0 Å². The maximum Gasteiger partial charge on any atom is 0.0897 e. The third kappa shape index (κ3) is 4.59. The Bertz CT molecular complexity index is 352. The second kappa shape index (κ2) is 8.04. The lowest BCUT2D eigenvalue weighted by molar-refractivity contribution is 0.321. The lowest BCUT2D eigenvalue weighted by Gasteiger charge is -2.28.